The van der Waals surface area contributed by atoms with E-state index in [2.05, 4.69) is 20.8 Å². The van der Waals surface area contributed by atoms with Crippen molar-refractivity contribution in [3.05, 3.63) is 0 Å². The maximum Gasteiger partial charge on any atom is 0.325 e. The van der Waals surface area contributed by atoms with Crippen LogP contribution in [-0.2, 0) is 9.53 Å². The zero-order valence-electron chi connectivity index (χ0n) is 9.76. The summed E-state index contributed by atoms with van der Waals surface area (Å²) >= 11 is 0. The predicted molar refractivity (Wildman–Crippen MR) is 53.6 cm³/mol. The first kappa shape index (κ1) is 12.4. The molecule has 0 heterocycles. The van der Waals surface area contributed by atoms with Gasteiger partial charge in [0.1, 0.15) is 5.54 Å². The molecule has 0 aromatic heterocycles. The number of nitrogens with zero attached hydrogens (tertiary/aromatic N) is 1. The van der Waals surface area contributed by atoms with Gasteiger partial charge in [-0.15, -0.1) is 0 Å². The van der Waals surface area contributed by atoms with E-state index in [1.807, 2.05) is 25.8 Å². The van der Waals surface area contributed by atoms with Crippen LogP contribution in [0.3, 0.4) is 0 Å². The van der Waals surface area contributed by atoms with Crippen LogP contribution in [0.15, 0.2) is 0 Å². The van der Waals surface area contributed by atoms with Crippen molar-refractivity contribution in [2.24, 2.45) is 0 Å². The summed E-state index contributed by atoms with van der Waals surface area (Å²) in [5, 5.41) is 0. The summed E-state index contributed by atoms with van der Waals surface area (Å²) in [5.74, 6) is -0.204. The molecule has 3 heteroatoms. The second-order valence-electron chi connectivity index (χ2n) is 4.78. The summed E-state index contributed by atoms with van der Waals surface area (Å²) in [6.07, 6.45) is 0. The fourth-order valence-electron chi connectivity index (χ4n) is 1.23. The van der Waals surface area contributed by atoms with E-state index in [1.165, 1.54) is 7.11 Å². The Morgan fingerprint density at radius 3 is 1.77 bits per heavy atom. The van der Waals surface area contributed by atoms with Gasteiger partial charge in [0.25, 0.3) is 0 Å². The molecule has 0 aliphatic carbocycles. The highest BCUT2D eigenvalue weighted by Crippen LogP contribution is 2.23. The topological polar surface area (TPSA) is 29.5 Å². The first-order valence-corrected chi connectivity index (χ1v) is 4.46. The Morgan fingerprint density at radius 2 is 1.54 bits per heavy atom. The van der Waals surface area contributed by atoms with Gasteiger partial charge >= 0.3 is 5.97 Å². The fourth-order valence-corrected chi connectivity index (χ4v) is 1.23. The summed E-state index contributed by atoms with van der Waals surface area (Å²) in [4.78, 5) is 13.5. The number of ether oxygens (including phenoxy) is 1. The smallest absolute Gasteiger partial charge is 0.325 e. The maximum atomic E-state index is 11.5. The van der Waals surface area contributed by atoms with Gasteiger partial charge in [-0.25, -0.2) is 0 Å². The van der Waals surface area contributed by atoms with E-state index in [0.717, 1.165) is 0 Å². The van der Waals surface area contributed by atoms with Crippen molar-refractivity contribution in [1.29, 1.82) is 0 Å². The van der Waals surface area contributed by atoms with Crippen LogP contribution in [0.1, 0.15) is 34.6 Å². The number of rotatable bonds is 2. The van der Waals surface area contributed by atoms with Crippen LogP contribution in [0.4, 0.5) is 0 Å². The van der Waals surface area contributed by atoms with Crippen LogP contribution in [0.25, 0.3) is 0 Å². The van der Waals surface area contributed by atoms with Crippen LogP contribution >= 0.6 is 0 Å². The van der Waals surface area contributed by atoms with E-state index < -0.39 is 5.54 Å². The molecule has 3 nitrogen and oxygen atoms in total. The summed E-state index contributed by atoms with van der Waals surface area (Å²) in [7, 11) is 3.34. The number of methoxy groups -OCH3 is 1. The average Bonchev–Trinajstić information content (AvgIpc) is 1.99. The molecule has 0 unspecified atom stereocenters. The minimum Gasteiger partial charge on any atom is -0.468 e. The van der Waals surface area contributed by atoms with E-state index >= 15 is 0 Å². The standard InChI is InChI=1S/C10H21NO2/c1-9(2,3)11(6)10(4,5)8(12)13-7/h1-7H3. The number of hydrogen-bond donors (Lipinski definition) is 0. The highest BCUT2D eigenvalue weighted by Gasteiger charge is 2.38. The monoisotopic (exact) mass is 187 g/mol. The fraction of sp³-hybridized carbons (Fsp3) is 0.900. The first-order valence-electron chi connectivity index (χ1n) is 4.46. The molecule has 0 saturated carbocycles. The molecule has 0 bridgehead atoms. The second-order valence-corrected chi connectivity index (χ2v) is 4.78. The molecule has 0 saturated heterocycles. The molecule has 0 aromatic rings. The van der Waals surface area contributed by atoms with Crippen LogP contribution in [0.2, 0.25) is 0 Å². The molecular weight excluding hydrogens is 166 g/mol. The SMILES string of the molecule is COC(=O)C(C)(C)N(C)C(C)(C)C. The van der Waals surface area contributed by atoms with Crippen LogP contribution in [0, 0.1) is 0 Å². The lowest BCUT2D eigenvalue weighted by atomic mass is 9.96. The van der Waals surface area contributed by atoms with Crippen LogP contribution < -0.4 is 0 Å². The van der Waals surface area contributed by atoms with Crippen LogP contribution in [-0.4, -0.2) is 36.1 Å². The molecule has 0 atom stereocenters. The summed E-state index contributed by atoms with van der Waals surface area (Å²) in [5.41, 5.74) is -0.620. The lowest BCUT2D eigenvalue weighted by Gasteiger charge is -2.42. The van der Waals surface area contributed by atoms with Gasteiger partial charge in [-0.1, -0.05) is 0 Å². The van der Waals surface area contributed by atoms with Gasteiger partial charge < -0.3 is 4.74 Å². The van der Waals surface area contributed by atoms with Gasteiger partial charge in [-0.2, -0.15) is 0 Å². The lowest BCUT2D eigenvalue weighted by Crippen LogP contribution is -2.56. The molecule has 0 fully saturated rings. The minimum absolute atomic E-state index is 0.0440. The molecule has 0 spiro atoms. The zero-order valence-corrected chi connectivity index (χ0v) is 9.76. The van der Waals surface area contributed by atoms with Gasteiger partial charge in [-0.3, -0.25) is 9.69 Å². The molecule has 0 aliphatic rings. The van der Waals surface area contributed by atoms with Gasteiger partial charge in [0.05, 0.1) is 7.11 Å². The number of carbonyl (C=O) groups excluding carboxylic acids is 1. The zero-order chi connectivity index (χ0) is 10.9. The van der Waals surface area contributed by atoms with Crippen molar-refractivity contribution in [3.8, 4) is 0 Å². The Bertz CT molecular complexity index is 192. The second kappa shape index (κ2) is 3.66. The molecule has 0 rings (SSSR count). The Labute approximate surface area is 81.1 Å². The van der Waals surface area contributed by atoms with Crippen LogP contribution in [0.5, 0.6) is 0 Å². The van der Waals surface area contributed by atoms with E-state index in [4.69, 9.17) is 4.74 Å². The Hall–Kier alpha value is -0.570. The molecular formula is C10H21NO2. The largest absolute Gasteiger partial charge is 0.468 e. The molecule has 0 aliphatic heterocycles. The summed E-state index contributed by atoms with van der Waals surface area (Å²) in [6.45, 7) is 9.93. The summed E-state index contributed by atoms with van der Waals surface area (Å²) in [6, 6.07) is 0. The Morgan fingerprint density at radius 1 is 1.15 bits per heavy atom. The number of esters is 1. The Kier molecular flexibility index (Phi) is 3.50. The predicted octanol–water partition coefficient (Wildman–Crippen LogP) is 1.67. The molecule has 0 N–H and O–H groups in total. The lowest BCUT2D eigenvalue weighted by molar-refractivity contribution is -0.155. The molecule has 0 amide bonds. The van der Waals surface area contributed by atoms with Crippen molar-refractivity contribution in [3.63, 3.8) is 0 Å². The quantitative estimate of drug-likeness (QED) is 0.616. The molecule has 78 valence electrons. The number of hydrogen-bond acceptors (Lipinski definition) is 3. The molecule has 0 radical (unpaired) electrons. The van der Waals surface area contributed by atoms with Crippen molar-refractivity contribution in [2.75, 3.05) is 14.2 Å². The van der Waals surface area contributed by atoms with E-state index in [-0.39, 0.29) is 11.5 Å². The average molecular weight is 187 g/mol. The third kappa shape index (κ3) is 2.69. The normalized spacial score (nSPS) is 13.2. The highest BCUT2D eigenvalue weighted by atomic mass is 16.5. The third-order valence-corrected chi connectivity index (χ3v) is 2.53. The van der Waals surface area contributed by atoms with Gasteiger partial charge in [-0.05, 0) is 41.7 Å². The van der Waals surface area contributed by atoms with Gasteiger partial charge in [0, 0.05) is 5.54 Å². The van der Waals surface area contributed by atoms with Crippen molar-refractivity contribution in [2.45, 2.75) is 45.7 Å². The van der Waals surface area contributed by atoms with Crippen molar-refractivity contribution in [1.82, 2.24) is 4.90 Å². The van der Waals surface area contributed by atoms with Gasteiger partial charge in [0.15, 0.2) is 0 Å². The van der Waals surface area contributed by atoms with Crippen molar-refractivity contribution >= 4 is 5.97 Å². The first-order chi connectivity index (χ1) is 5.64. The number of likely N-dealkylation sites (N-methyl/N-ethyl adjacent to an activating group) is 1. The maximum absolute atomic E-state index is 11.5. The minimum atomic E-state index is -0.576. The van der Waals surface area contributed by atoms with Gasteiger partial charge in [0.2, 0.25) is 0 Å². The molecule has 0 aromatic carbocycles. The highest BCUT2D eigenvalue weighted by molar-refractivity contribution is 5.79. The number of carbonyl (C=O) groups is 1. The molecule has 13 heavy (non-hydrogen) atoms. The Balaban J connectivity index is 4.74. The van der Waals surface area contributed by atoms with E-state index in [1.54, 1.807) is 0 Å². The third-order valence-electron chi connectivity index (χ3n) is 2.53. The van der Waals surface area contributed by atoms with E-state index in [9.17, 15) is 4.79 Å². The van der Waals surface area contributed by atoms with E-state index in [0.29, 0.717) is 0 Å². The summed E-state index contributed by atoms with van der Waals surface area (Å²) < 4.78 is 4.75. The van der Waals surface area contributed by atoms with Crippen molar-refractivity contribution < 1.29 is 9.53 Å².